The number of nitrogens with zero attached hydrogens (tertiary/aromatic N) is 1. The molecule has 1 fully saturated rings. The molecule has 0 radical (unpaired) electrons. The van der Waals surface area contributed by atoms with Crippen molar-refractivity contribution in [2.24, 2.45) is 5.41 Å². The average molecular weight is 234 g/mol. The highest BCUT2D eigenvalue weighted by Crippen LogP contribution is 2.35. The van der Waals surface area contributed by atoms with E-state index in [0.29, 0.717) is 10.2 Å². The Balaban J connectivity index is 2.54. The summed E-state index contributed by atoms with van der Waals surface area (Å²) < 4.78 is 0. The smallest absolute Gasteiger partial charge is 0.0336 e. The molecule has 1 nitrogen and oxygen atoms in total. The van der Waals surface area contributed by atoms with Crippen LogP contribution in [0.15, 0.2) is 0 Å². The molecule has 0 bridgehead atoms. The molecule has 0 spiro atoms. The third kappa shape index (κ3) is 2.02. The van der Waals surface area contributed by atoms with Gasteiger partial charge in [-0.1, -0.05) is 36.7 Å². The Morgan fingerprint density at radius 2 is 2.17 bits per heavy atom. The van der Waals surface area contributed by atoms with Gasteiger partial charge in [-0.3, -0.25) is 4.90 Å². The van der Waals surface area contributed by atoms with Gasteiger partial charge in [-0.15, -0.1) is 0 Å². The number of halogens is 1. The molecule has 2 atom stereocenters. The van der Waals surface area contributed by atoms with E-state index >= 15 is 0 Å². The molecular weight excluding hydrogens is 214 g/mol. The molecule has 0 aromatic carbocycles. The van der Waals surface area contributed by atoms with Crippen LogP contribution in [0.5, 0.6) is 0 Å². The SMILES string of the molecule is CCC(C)N1CC(Br)C(C)(C)C1. The second kappa shape index (κ2) is 3.67. The minimum atomic E-state index is 0.448. The molecule has 72 valence electrons. The van der Waals surface area contributed by atoms with E-state index < -0.39 is 0 Å². The summed E-state index contributed by atoms with van der Waals surface area (Å²) >= 11 is 3.76. The van der Waals surface area contributed by atoms with Gasteiger partial charge in [0.1, 0.15) is 0 Å². The Bertz CT molecular complexity index is 156. The van der Waals surface area contributed by atoms with Crippen molar-refractivity contribution in [1.82, 2.24) is 4.90 Å². The number of likely N-dealkylation sites (tertiary alicyclic amines) is 1. The molecular formula is C10H20BrN. The summed E-state index contributed by atoms with van der Waals surface area (Å²) in [5, 5.41) is 0. The van der Waals surface area contributed by atoms with Crippen molar-refractivity contribution < 1.29 is 0 Å². The van der Waals surface area contributed by atoms with Crippen LogP contribution >= 0.6 is 15.9 Å². The van der Waals surface area contributed by atoms with E-state index in [1.165, 1.54) is 19.5 Å². The van der Waals surface area contributed by atoms with Gasteiger partial charge in [0.05, 0.1) is 0 Å². The first-order valence-corrected chi connectivity index (χ1v) is 5.77. The van der Waals surface area contributed by atoms with Crippen LogP contribution in [-0.4, -0.2) is 28.9 Å². The zero-order valence-corrected chi connectivity index (χ0v) is 10.2. The topological polar surface area (TPSA) is 3.24 Å². The lowest BCUT2D eigenvalue weighted by Gasteiger charge is -2.24. The van der Waals surface area contributed by atoms with E-state index in [4.69, 9.17) is 0 Å². The van der Waals surface area contributed by atoms with Crippen LogP contribution in [0, 0.1) is 5.41 Å². The maximum Gasteiger partial charge on any atom is 0.0336 e. The maximum atomic E-state index is 3.76. The van der Waals surface area contributed by atoms with E-state index in [-0.39, 0.29) is 0 Å². The van der Waals surface area contributed by atoms with Crippen LogP contribution in [-0.2, 0) is 0 Å². The van der Waals surface area contributed by atoms with Crippen molar-refractivity contribution in [3.05, 3.63) is 0 Å². The lowest BCUT2D eigenvalue weighted by molar-refractivity contribution is 0.225. The first kappa shape index (κ1) is 10.5. The monoisotopic (exact) mass is 233 g/mol. The van der Waals surface area contributed by atoms with Crippen molar-refractivity contribution in [2.45, 2.75) is 45.0 Å². The second-order valence-electron chi connectivity index (χ2n) is 4.64. The summed E-state index contributed by atoms with van der Waals surface area (Å²) in [7, 11) is 0. The fourth-order valence-electron chi connectivity index (χ4n) is 1.73. The molecule has 0 aliphatic carbocycles. The van der Waals surface area contributed by atoms with Crippen molar-refractivity contribution >= 4 is 15.9 Å². The van der Waals surface area contributed by atoms with Gasteiger partial charge in [0.2, 0.25) is 0 Å². The molecule has 1 heterocycles. The summed E-state index contributed by atoms with van der Waals surface area (Å²) in [6.45, 7) is 11.7. The van der Waals surface area contributed by atoms with Crippen molar-refractivity contribution in [3.8, 4) is 0 Å². The van der Waals surface area contributed by atoms with Crippen LogP contribution in [0.1, 0.15) is 34.1 Å². The lowest BCUT2D eigenvalue weighted by atomic mass is 9.93. The number of alkyl halides is 1. The Hall–Kier alpha value is 0.440. The molecule has 0 amide bonds. The zero-order valence-electron chi connectivity index (χ0n) is 8.60. The highest BCUT2D eigenvalue weighted by molar-refractivity contribution is 9.09. The largest absolute Gasteiger partial charge is 0.299 e. The molecule has 1 saturated heterocycles. The molecule has 2 heteroatoms. The first-order valence-electron chi connectivity index (χ1n) is 4.85. The fourth-order valence-corrected chi connectivity index (χ4v) is 2.25. The maximum absolute atomic E-state index is 3.76. The molecule has 0 N–H and O–H groups in total. The van der Waals surface area contributed by atoms with Gasteiger partial charge in [-0.2, -0.15) is 0 Å². The van der Waals surface area contributed by atoms with Crippen molar-refractivity contribution in [2.75, 3.05) is 13.1 Å². The summed E-state index contributed by atoms with van der Waals surface area (Å²) in [6.07, 6.45) is 1.26. The van der Waals surface area contributed by atoms with Gasteiger partial charge in [0.25, 0.3) is 0 Å². The molecule has 1 aliphatic heterocycles. The highest BCUT2D eigenvalue weighted by atomic mass is 79.9. The third-order valence-corrected chi connectivity index (χ3v) is 4.60. The van der Waals surface area contributed by atoms with Crippen LogP contribution in [0.25, 0.3) is 0 Å². The van der Waals surface area contributed by atoms with E-state index in [9.17, 15) is 0 Å². The molecule has 1 aliphatic rings. The normalized spacial score (nSPS) is 32.2. The van der Waals surface area contributed by atoms with Gasteiger partial charge in [0.15, 0.2) is 0 Å². The Kier molecular flexibility index (Phi) is 3.21. The summed E-state index contributed by atoms with van der Waals surface area (Å²) in [5.74, 6) is 0. The Morgan fingerprint density at radius 3 is 2.50 bits per heavy atom. The van der Waals surface area contributed by atoms with Gasteiger partial charge in [0, 0.05) is 24.0 Å². The minimum absolute atomic E-state index is 0.448. The van der Waals surface area contributed by atoms with Gasteiger partial charge in [-0.25, -0.2) is 0 Å². The second-order valence-corrected chi connectivity index (χ2v) is 5.75. The number of hydrogen-bond donors (Lipinski definition) is 0. The van der Waals surface area contributed by atoms with Crippen LogP contribution in [0.2, 0.25) is 0 Å². The third-order valence-electron chi connectivity index (χ3n) is 3.07. The van der Waals surface area contributed by atoms with Crippen LogP contribution in [0.4, 0.5) is 0 Å². The minimum Gasteiger partial charge on any atom is -0.299 e. The van der Waals surface area contributed by atoms with Crippen molar-refractivity contribution in [3.63, 3.8) is 0 Å². The molecule has 1 rings (SSSR count). The number of rotatable bonds is 2. The van der Waals surface area contributed by atoms with E-state index in [2.05, 4.69) is 48.5 Å². The Morgan fingerprint density at radius 1 is 1.58 bits per heavy atom. The van der Waals surface area contributed by atoms with E-state index in [1.54, 1.807) is 0 Å². The van der Waals surface area contributed by atoms with Crippen molar-refractivity contribution in [1.29, 1.82) is 0 Å². The summed E-state index contributed by atoms with van der Waals surface area (Å²) in [6, 6.07) is 0.742. The molecule has 0 aromatic heterocycles. The summed E-state index contributed by atoms with van der Waals surface area (Å²) in [5.41, 5.74) is 0.448. The molecule has 0 saturated carbocycles. The summed E-state index contributed by atoms with van der Waals surface area (Å²) in [4.78, 5) is 3.25. The molecule has 0 aromatic rings. The quantitative estimate of drug-likeness (QED) is 0.664. The average Bonchev–Trinajstić information content (AvgIpc) is 2.25. The lowest BCUT2D eigenvalue weighted by Crippen LogP contribution is -2.31. The first-order chi connectivity index (χ1) is 5.47. The fraction of sp³-hybridized carbons (Fsp3) is 1.00. The van der Waals surface area contributed by atoms with Gasteiger partial charge >= 0.3 is 0 Å². The number of hydrogen-bond acceptors (Lipinski definition) is 1. The standard InChI is InChI=1S/C10H20BrN/c1-5-8(2)12-6-9(11)10(3,4)7-12/h8-9H,5-7H2,1-4H3. The zero-order chi connectivity index (χ0) is 9.35. The predicted molar refractivity (Wildman–Crippen MR) is 57.8 cm³/mol. The van der Waals surface area contributed by atoms with E-state index in [0.717, 1.165) is 6.04 Å². The van der Waals surface area contributed by atoms with Gasteiger partial charge < -0.3 is 0 Å². The molecule has 12 heavy (non-hydrogen) atoms. The van der Waals surface area contributed by atoms with E-state index in [1.807, 2.05) is 0 Å². The van der Waals surface area contributed by atoms with Crippen LogP contribution < -0.4 is 0 Å². The highest BCUT2D eigenvalue weighted by Gasteiger charge is 2.38. The predicted octanol–water partition coefficient (Wildman–Crippen LogP) is 2.89. The Labute approximate surface area is 84.6 Å². The van der Waals surface area contributed by atoms with Gasteiger partial charge in [-0.05, 0) is 18.8 Å². The molecule has 2 unspecified atom stereocenters. The van der Waals surface area contributed by atoms with Crippen LogP contribution in [0.3, 0.4) is 0 Å².